The molecule has 0 aliphatic rings. The molecule has 0 unspecified atom stereocenters. The fourth-order valence-electron chi connectivity index (χ4n) is 0.620. The molecule has 0 aromatic carbocycles. The van der Waals surface area contributed by atoms with Gasteiger partial charge in [-0.15, -0.1) is 11.3 Å². The quantitative estimate of drug-likeness (QED) is 0.406. The first-order valence-electron chi connectivity index (χ1n) is 3.19. The number of rotatable bonds is 1. The highest BCUT2D eigenvalue weighted by atomic mass is 127. The molecule has 1 heterocycles. The first-order chi connectivity index (χ1) is 6.09. The second-order valence-corrected chi connectivity index (χ2v) is 5.33. The summed E-state index contributed by atoms with van der Waals surface area (Å²) in [7, 11) is 0. The number of carbonyl (C=O) groups excluding carboxylic acids is 1. The van der Waals surface area contributed by atoms with Crippen LogP contribution in [-0.4, -0.2) is 11.0 Å². The van der Waals surface area contributed by atoms with Crippen LogP contribution in [0.5, 0.6) is 0 Å². The number of thiophene rings is 1. The molecule has 0 saturated heterocycles. The maximum atomic E-state index is 11.3. The van der Waals surface area contributed by atoms with Gasteiger partial charge in [-0.25, -0.2) is 0 Å². The van der Waals surface area contributed by atoms with E-state index in [1.165, 1.54) is 11.3 Å². The largest absolute Gasteiger partial charge is 0.375 e. The Hall–Kier alpha value is -0.410. The summed E-state index contributed by atoms with van der Waals surface area (Å²) in [6, 6.07) is 1.78. The number of hydrogen-bond acceptors (Lipinski definition) is 3. The highest BCUT2D eigenvalue weighted by Crippen LogP contribution is 2.15. The van der Waals surface area contributed by atoms with E-state index in [9.17, 15) is 4.79 Å². The maximum Gasteiger partial charge on any atom is 0.270 e. The van der Waals surface area contributed by atoms with E-state index in [0.717, 1.165) is 2.88 Å². The zero-order chi connectivity index (χ0) is 9.84. The van der Waals surface area contributed by atoms with Crippen molar-refractivity contribution in [1.82, 2.24) is 10.9 Å². The zero-order valence-electron chi connectivity index (χ0n) is 6.33. The van der Waals surface area contributed by atoms with Crippen LogP contribution in [0.25, 0.3) is 0 Å². The third-order valence-electron chi connectivity index (χ3n) is 1.13. The number of hydrogen-bond donors (Lipinski definition) is 3. The van der Waals surface area contributed by atoms with Crippen LogP contribution in [0.3, 0.4) is 0 Å². The summed E-state index contributed by atoms with van der Waals surface area (Å²) in [6.07, 6.45) is 0. The van der Waals surface area contributed by atoms with Gasteiger partial charge in [0.1, 0.15) is 0 Å². The average Bonchev–Trinajstić information content (AvgIpc) is 2.47. The molecule has 0 atom stereocenters. The lowest BCUT2D eigenvalue weighted by Gasteiger charge is -2.03. The lowest BCUT2D eigenvalue weighted by Crippen LogP contribution is -2.44. The van der Waals surface area contributed by atoms with Crippen molar-refractivity contribution in [3.8, 4) is 0 Å². The molecule has 0 aliphatic carbocycles. The van der Waals surface area contributed by atoms with E-state index in [0.29, 0.717) is 5.56 Å². The molecule has 0 spiro atoms. The fourth-order valence-corrected chi connectivity index (χ4v) is 2.00. The third-order valence-corrected chi connectivity index (χ3v) is 3.02. The number of amides is 1. The number of carbonyl (C=O) groups is 1. The summed E-state index contributed by atoms with van der Waals surface area (Å²) < 4.78 is 1.05. The molecule has 4 N–H and O–H groups in total. The first kappa shape index (κ1) is 10.7. The number of nitrogens with one attached hydrogen (secondary N) is 2. The van der Waals surface area contributed by atoms with Gasteiger partial charge in [-0.2, -0.15) is 0 Å². The van der Waals surface area contributed by atoms with Crippen molar-refractivity contribution in [3.63, 3.8) is 0 Å². The van der Waals surface area contributed by atoms with Crippen LogP contribution in [0.4, 0.5) is 0 Å². The van der Waals surface area contributed by atoms with E-state index < -0.39 is 0 Å². The Morgan fingerprint density at radius 1 is 1.62 bits per heavy atom. The molecule has 1 aromatic rings. The second-order valence-electron chi connectivity index (χ2n) is 2.08. The van der Waals surface area contributed by atoms with E-state index in [-0.39, 0.29) is 11.0 Å². The smallest absolute Gasteiger partial charge is 0.270 e. The van der Waals surface area contributed by atoms with E-state index in [1.807, 2.05) is 0 Å². The van der Waals surface area contributed by atoms with Gasteiger partial charge in [0, 0.05) is 5.38 Å². The predicted octanol–water partition coefficient (Wildman–Crippen LogP) is 0.831. The Morgan fingerprint density at radius 3 is 2.77 bits per heavy atom. The molecule has 0 bridgehead atoms. The zero-order valence-corrected chi connectivity index (χ0v) is 10.1. The number of hydrazine groups is 1. The van der Waals surface area contributed by atoms with Crippen LogP contribution in [0, 0.1) is 2.88 Å². The molecule has 1 aromatic heterocycles. The van der Waals surface area contributed by atoms with Crippen LogP contribution in [-0.2, 0) is 0 Å². The fraction of sp³-hybridized carbons (Fsp3) is 0. The van der Waals surface area contributed by atoms with Crippen LogP contribution in [0.15, 0.2) is 11.4 Å². The Balaban J connectivity index is 2.54. The van der Waals surface area contributed by atoms with Crippen LogP contribution in [0.1, 0.15) is 10.4 Å². The van der Waals surface area contributed by atoms with Crippen molar-refractivity contribution in [2.45, 2.75) is 0 Å². The molecular formula is C6H6IN3OS2. The molecule has 0 saturated carbocycles. The van der Waals surface area contributed by atoms with Crippen molar-refractivity contribution in [1.29, 1.82) is 0 Å². The molecule has 4 nitrogen and oxygen atoms in total. The Labute approximate surface area is 98.0 Å². The van der Waals surface area contributed by atoms with Gasteiger partial charge in [-0.1, -0.05) is 0 Å². The molecule has 7 heteroatoms. The average molecular weight is 327 g/mol. The topological polar surface area (TPSA) is 67.2 Å². The Morgan fingerprint density at radius 2 is 2.31 bits per heavy atom. The van der Waals surface area contributed by atoms with Gasteiger partial charge in [0.25, 0.3) is 5.91 Å². The van der Waals surface area contributed by atoms with E-state index in [1.54, 1.807) is 11.4 Å². The highest BCUT2D eigenvalue weighted by molar-refractivity contribution is 14.1. The van der Waals surface area contributed by atoms with Gasteiger partial charge >= 0.3 is 0 Å². The van der Waals surface area contributed by atoms with Gasteiger partial charge in [0.2, 0.25) is 0 Å². The Bertz CT molecular complexity index is 338. The molecule has 0 aliphatic heterocycles. The number of halogens is 1. The van der Waals surface area contributed by atoms with Crippen LogP contribution in [0.2, 0.25) is 0 Å². The Kier molecular flexibility index (Phi) is 3.88. The first-order valence-corrected chi connectivity index (χ1v) is 5.56. The summed E-state index contributed by atoms with van der Waals surface area (Å²) in [5.74, 6) is -0.244. The summed E-state index contributed by atoms with van der Waals surface area (Å²) in [5, 5.41) is 1.80. The van der Waals surface area contributed by atoms with Crippen molar-refractivity contribution in [2.75, 3.05) is 0 Å². The van der Waals surface area contributed by atoms with E-state index in [2.05, 4.69) is 45.7 Å². The minimum Gasteiger partial charge on any atom is -0.375 e. The van der Waals surface area contributed by atoms with Gasteiger partial charge in [0.15, 0.2) is 5.11 Å². The summed E-state index contributed by atoms with van der Waals surface area (Å²) in [6.45, 7) is 0. The molecule has 1 amide bonds. The molecule has 70 valence electrons. The lowest BCUT2D eigenvalue weighted by atomic mass is 10.3. The van der Waals surface area contributed by atoms with Gasteiger partial charge in [0.05, 0.1) is 8.45 Å². The lowest BCUT2D eigenvalue weighted by molar-refractivity contribution is 0.0944. The maximum absolute atomic E-state index is 11.3. The summed E-state index contributed by atoms with van der Waals surface area (Å²) in [5.41, 5.74) is 10.5. The standard InChI is InChI=1S/C6H6IN3OS2/c7-4-1-3(2-13-4)5(11)9-10-6(8)12/h1-2H,(H,9,11)(H3,8,10,12). The molecule has 0 fully saturated rings. The van der Waals surface area contributed by atoms with Crippen molar-refractivity contribution < 1.29 is 4.79 Å². The minimum atomic E-state index is -0.244. The highest BCUT2D eigenvalue weighted by Gasteiger charge is 2.06. The SMILES string of the molecule is NC(=S)NNC(=O)c1csc(I)c1. The molecule has 13 heavy (non-hydrogen) atoms. The molecule has 1 rings (SSSR count). The van der Waals surface area contributed by atoms with Gasteiger partial charge in [-0.3, -0.25) is 15.6 Å². The molecular weight excluding hydrogens is 321 g/mol. The third kappa shape index (κ3) is 3.44. The second kappa shape index (κ2) is 4.72. The summed E-state index contributed by atoms with van der Waals surface area (Å²) in [4.78, 5) is 11.3. The van der Waals surface area contributed by atoms with Crippen molar-refractivity contribution >= 4 is 57.2 Å². The number of thiocarbonyl (C=S) groups is 1. The monoisotopic (exact) mass is 327 g/mol. The van der Waals surface area contributed by atoms with Gasteiger partial charge < -0.3 is 5.73 Å². The minimum absolute atomic E-state index is 0.0401. The summed E-state index contributed by atoms with van der Waals surface area (Å²) >= 11 is 8.17. The number of nitrogens with two attached hydrogens (primary N) is 1. The van der Waals surface area contributed by atoms with Crippen molar-refractivity contribution in [3.05, 3.63) is 19.9 Å². The molecule has 0 radical (unpaired) electrons. The van der Waals surface area contributed by atoms with E-state index >= 15 is 0 Å². The normalized spacial score (nSPS) is 9.31. The van der Waals surface area contributed by atoms with Crippen molar-refractivity contribution in [2.24, 2.45) is 5.73 Å². The van der Waals surface area contributed by atoms with Gasteiger partial charge in [-0.05, 0) is 40.9 Å². The van der Waals surface area contributed by atoms with Crippen LogP contribution >= 0.6 is 46.1 Å². The van der Waals surface area contributed by atoms with Crippen LogP contribution < -0.4 is 16.6 Å². The van der Waals surface area contributed by atoms with E-state index in [4.69, 9.17) is 5.73 Å². The predicted molar refractivity (Wildman–Crippen MR) is 64.4 cm³/mol.